The third-order valence-electron chi connectivity index (χ3n) is 4.61. The molecule has 0 spiro atoms. The van der Waals surface area contributed by atoms with Gasteiger partial charge in [0.15, 0.2) is 0 Å². The van der Waals surface area contributed by atoms with Crippen LogP contribution in [0.2, 0.25) is 4.34 Å². The maximum absolute atomic E-state index is 13.2. The molecule has 0 radical (unpaired) electrons. The second-order valence-electron chi connectivity index (χ2n) is 6.40. The summed E-state index contributed by atoms with van der Waals surface area (Å²) in [5.41, 5.74) is 1.96. The van der Waals surface area contributed by atoms with Crippen molar-refractivity contribution < 1.29 is 9.59 Å². The highest BCUT2D eigenvalue weighted by atomic mass is 35.5. The SMILES string of the molecule is CCN(CC)C(=O)CN(C)C(=O)c1cc(-c2ccc(Cl)s2)nc2ccccc12. The van der Waals surface area contributed by atoms with Gasteiger partial charge >= 0.3 is 0 Å². The summed E-state index contributed by atoms with van der Waals surface area (Å²) in [6.45, 7) is 5.14. The Morgan fingerprint density at radius 1 is 1.11 bits per heavy atom. The van der Waals surface area contributed by atoms with Crippen molar-refractivity contribution in [2.45, 2.75) is 13.8 Å². The molecule has 0 saturated heterocycles. The molecular weight excluding hydrogens is 394 g/mol. The molecule has 3 aromatic rings. The summed E-state index contributed by atoms with van der Waals surface area (Å²) in [4.78, 5) is 34.4. The van der Waals surface area contributed by atoms with Crippen LogP contribution >= 0.6 is 22.9 Å². The molecule has 7 heteroatoms. The molecule has 28 heavy (non-hydrogen) atoms. The molecule has 2 heterocycles. The minimum Gasteiger partial charge on any atom is -0.342 e. The maximum Gasteiger partial charge on any atom is 0.254 e. The largest absolute Gasteiger partial charge is 0.342 e. The highest BCUT2D eigenvalue weighted by Crippen LogP contribution is 2.32. The van der Waals surface area contributed by atoms with Crippen LogP contribution in [0, 0.1) is 0 Å². The topological polar surface area (TPSA) is 53.5 Å². The Bertz CT molecular complexity index is 1010. The fourth-order valence-electron chi connectivity index (χ4n) is 3.09. The zero-order valence-corrected chi connectivity index (χ0v) is 17.7. The van der Waals surface area contributed by atoms with Gasteiger partial charge in [0.05, 0.1) is 32.5 Å². The van der Waals surface area contributed by atoms with Gasteiger partial charge in [0.25, 0.3) is 5.91 Å². The van der Waals surface area contributed by atoms with Gasteiger partial charge in [-0.3, -0.25) is 9.59 Å². The number of rotatable bonds is 6. The zero-order valence-electron chi connectivity index (χ0n) is 16.1. The molecule has 0 fully saturated rings. The highest BCUT2D eigenvalue weighted by molar-refractivity contribution is 7.19. The summed E-state index contributed by atoms with van der Waals surface area (Å²) < 4.78 is 0.666. The van der Waals surface area contributed by atoms with Crippen molar-refractivity contribution in [3.05, 3.63) is 52.4 Å². The van der Waals surface area contributed by atoms with Crippen molar-refractivity contribution in [1.82, 2.24) is 14.8 Å². The predicted molar refractivity (Wildman–Crippen MR) is 115 cm³/mol. The Kier molecular flexibility index (Phi) is 6.31. The number of para-hydroxylation sites is 1. The molecular formula is C21H22ClN3O2S. The second-order valence-corrected chi connectivity index (χ2v) is 8.12. The van der Waals surface area contributed by atoms with E-state index in [2.05, 4.69) is 4.98 Å². The average molecular weight is 416 g/mol. The van der Waals surface area contributed by atoms with Gasteiger partial charge in [0.1, 0.15) is 0 Å². The molecule has 0 bridgehead atoms. The smallest absolute Gasteiger partial charge is 0.254 e. The van der Waals surface area contributed by atoms with Crippen molar-refractivity contribution >= 4 is 45.7 Å². The first-order valence-electron chi connectivity index (χ1n) is 9.13. The molecule has 0 saturated carbocycles. The summed E-state index contributed by atoms with van der Waals surface area (Å²) >= 11 is 7.49. The molecule has 1 aromatic carbocycles. The van der Waals surface area contributed by atoms with Gasteiger partial charge in [-0.2, -0.15) is 0 Å². The monoisotopic (exact) mass is 415 g/mol. The lowest BCUT2D eigenvalue weighted by Crippen LogP contribution is -2.41. The molecule has 0 N–H and O–H groups in total. The first kappa shape index (κ1) is 20.3. The number of halogens is 1. The number of benzene rings is 1. The van der Waals surface area contributed by atoms with E-state index in [1.807, 2.05) is 50.2 Å². The number of hydrogen-bond acceptors (Lipinski definition) is 4. The maximum atomic E-state index is 13.2. The Hall–Kier alpha value is -2.44. The van der Waals surface area contributed by atoms with Crippen LogP contribution in [0.5, 0.6) is 0 Å². The van der Waals surface area contributed by atoms with Gasteiger partial charge in [-0.05, 0) is 38.1 Å². The lowest BCUT2D eigenvalue weighted by atomic mass is 10.1. The number of pyridine rings is 1. The predicted octanol–water partition coefficient (Wildman–Crippen LogP) is 4.56. The number of hydrogen-bond donors (Lipinski definition) is 0. The fraction of sp³-hybridized carbons (Fsp3) is 0.286. The van der Waals surface area contributed by atoms with Crippen molar-refractivity contribution in [1.29, 1.82) is 0 Å². The van der Waals surface area contributed by atoms with Gasteiger partial charge in [-0.15, -0.1) is 11.3 Å². The number of amides is 2. The standard InChI is InChI=1S/C21H22ClN3O2S/c1-4-25(5-2)20(26)13-24(3)21(27)15-12-17(18-10-11-19(22)28-18)23-16-9-7-6-8-14(15)16/h6-12H,4-5,13H2,1-3H3. The molecule has 0 aliphatic carbocycles. The zero-order chi connectivity index (χ0) is 20.3. The summed E-state index contributed by atoms with van der Waals surface area (Å²) in [6, 6.07) is 13.0. The van der Waals surface area contributed by atoms with Crippen molar-refractivity contribution in [2.75, 3.05) is 26.7 Å². The minimum absolute atomic E-state index is 0.0390. The number of nitrogens with zero attached hydrogens (tertiary/aromatic N) is 3. The van der Waals surface area contributed by atoms with Gasteiger partial charge in [-0.1, -0.05) is 29.8 Å². The van der Waals surface area contributed by atoms with Crippen LogP contribution in [0.1, 0.15) is 24.2 Å². The number of carbonyl (C=O) groups excluding carboxylic acids is 2. The third-order valence-corrected chi connectivity index (χ3v) is 5.86. The highest BCUT2D eigenvalue weighted by Gasteiger charge is 2.21. The van der Waals surface area contributed by atoms with Crippen LogP contribution in [0.3, 0.4) is 0 Å². The Labute approximate surface area is 173 Å². The van der Waals surface area contributed by atoms with E-state index in [1.54, 1.807) is 18.0 Å². The van der Waals surface area contributed by atoms with Crippen LogP contribution in [0.25, 0.3) is 21.5 Å². The summed E-state index contributed by atoms with van der Waals surface area (Å²) in [6.07, 6.45) is 0. The number of likely N-dealkylation sites (N-methyl/N-ethyl adjacent to an activating group) is 2. The van der Waals surface area contributed by atoms with E-state index >= 15 is 0 Å². The molecule has 0 atom stereocenters. The van der Waals surface area contributed by atoms with Crippen LogP contribution in [0.4, 0.5) is 0 Å². The molecule has 146 valence electrons. The van der Waals surface area contributed by atoms with Crippen molar-refractivity contribution in [2.24, 2.45) is 0 Å². The van der Waals surface area contributed by atoms with E-state index in [0.29, 0.717) is 28.7 Å². The Morgan fingerprint density at radius 3 is 2.46 bits per heavy atom. The molecule has 0 aliphatic heterocycles. The Balaban J connectivity index is 1.98. The summed E-state index contributed by atoms with van der Waals surface area (Å²) in [5, 5.41) is 0.765. The molecule has 2 aromatic heterocycles. The first-order valence-corrected chi connectivity index (χ1v) is 10.3. The number of aromatic nitrogens is 1. The van der Waals surface area contributed by atoms with Gasteiger partial charge < -0.3 is 9.80 Å². The van der Waals surface area contributed by atoms with Crippen molar-refractivity contribution in [3.63, 3.8) is 0 Å². The molecule has 2 amide bonds. The number of carbonyl (C=O) groups is 2. The summed E-state index contributed by atoms with van der Waals surface area (Å²) in [7, 11) is 1.65. The number of thiophene rings is 1. The van der Waals surface area contributed by atoms with Crippen LogP contribution in [-0.4, -0.2) is 53.3 Å². The molecule has 0 aliphatic rings. The van der Waals surface area contributed by atoms with E-state index < -0.39 is 0 Å². The van der Waals surface area contributed by atoms with E-state index in [1.165, 1.54) is 16.2 Å². The van der Waals surface area contributed by atoms with E-state index in [0.717, 1.165) is 15.8 Å². The molecule has 3 rings (SSSR count). The Morgan fingerprint density at radius 2 is 1.82 bits per heavy atom. The fourth-order valence-corrected chi connectivity index (χ4v) is 4.09. The summed E-state index contributed by atoms with van der Waals surface area (Å²) in [5.74, 6) is -0.271. The van der Waals surface area contributed by atoms with Gasteiger partial charge in [0.2, 0.25) is 5.91 Å². The first-order chi connectivity index (χ1) is 13.4. The second kappa shape index (κ2) is 8.71. The van der Waals surface area contributed by atoms with Crippen LogP contribution < -0.4 is 0 Å². The lowest BCUT2D eigenvalue weighted by Gasteiger charge is -2.23. The van der Waals surface area contributed by atoms with E-state index in [9.17, 15) is 9.59 Å². The third kappa shape index (κ3) is 4.18. The number of fused-ring (bicyclic) bond motifs is 1. The van der Waals surface area contributed by atoms with Crippen LogP contribution in [0.15, 0.2) is 42.5 Å². The quantitative estimate of drug-likeness (QED) is 0.593. The van der Waals surface area contributed by atoms with Crippen LogP contribution in [-0.2, 0) is 4.79 Å². The molecule has 0 unspecified atom stereocenters. The molecule has 5 nitrogen and oxygen atoms in total. The average Bonchev–Trinajstić information content (AvgIpc) is 3.13. The van der Waals surface area contributed by atoms with E-state index in [-0.39, 0.29) is 18.4 Å². The van der Waals surface area contributed by atoms with Gasteiger partial charge in [-0.25, -0.2) is 4.98 Å². The van der Waals surface area contributed by atoms with E-state index in [4.69, 9.17) is 11.6 Å². The minimum atomic E-state index is -0.206. The van der Waals surface area contributed by atoms with Crippen molar-refractivity contribution in [3.8, 4) is 10.6 Å². The van der Waals surface area contributed by atoms with Gasteiger partial charge in [0, 0.05) is 25.5 Å². The lowest BCUT2D eigenvalue weighted by molar-refractivity contribution is -0.131. The normalized spacial score (nSPS) is 10.9.